The van der Waals surface area contributed by atoms with E-state index in [1.54, 1.807) is 11.8 Å². The molecule has 6 heteroatoms. The van der Waals surface area contributed by atoms with Crippen LogP contribution >= 0.6 is 11.8 Å². The number of thioether (sulfide) groups is 1. The van der Waals surface area contributed by atoms with Gasteiger partial charge in [0.25, 0.3) is 5.91 Å². The molecule has 1 amide bonds. The first kappa shape index (κ1) is 14.9. The highest BCUT2D eigenvalue weighted by Gasteiger charge is 2.34. The van der Waals surface area contributed by atoms with Gasteiger partial charge in [-0.1, -0.05) is 19.1 Å². The molecule has 1 aromatic carbocycles. The fourth-order valence-electron chi connectivity index (χ4n) is 2.08. The predicted octanol–water partition coefficient (Wildman–Crippen LogP) is 2.37. The lowest BCUT2D eigenvalue weighted by Gasteiger charge is -2.14. The van der Waals surface area contributed by atoms with Crippen LogP contribution in [0.15, 0.2) is 29.2 Å². The van der Waals surface area contributed by atoms with Crippen molar-refractivity contribution < 1.29 is 19.4 Å². The summed E-state index contributed by atoms with van der Waals surface area (Å²) in [5.41, 5.74) is 0.742. The maximum absolute atomic E-state index is 12.1. The molecule has 0 radical (unpaired) electrons. The number of para-hydroxylation sites is 1. The summed E-state index contributed by atoms with van der Waals surface area (Å²) in [7, 11) is 0. The van der Waals surface area contributed by atoms with E-state index < -0.39 is 18.2 Å². The largest absolute Gasteiger partial charge is 0.479 e. The van der Waals surface area contributed by atoms with E-state index in [4.69, 9.17) is 9.84 Å². The van der Waals surface area contributed by atoms with Gasteiger partial charge in [0.2, 0.25) is 0 Å². The first-order valence-electron chi connectivity index (χ1n) is 6.52. The van der Waals surface area contributed by atoms with Crippen molar-refractivity contribution >= 4 is 29.3 Å². The monoisotopic (exact) mass is 295 g/mol. The highest BCUT2D eigenvalue weighted by molar-refractivity contribution is 7.99. The molecule has 20 heavy (non-hydrogen) atoms. The summed E-state index contributed by atoms with van der Waals surface area (Å²) in [6.07, 6.45) is -0.744. The maximum Gasteiger partial charge on any atom is 0.332 e. The first-order valence-corrected chi connectivity index (χ1v) is 7.51. The Morgan fingerprint density at radius 2 is 2.05 bits per heavy atom. The lowest BCUT2D eigenvalue weighted by molar-refractivity contribution is -0.150. The van der Waals surface area contributed by atoms with Crippen LogP contribution in [0.4, 0.5) is 5.69 Å². The molecule has 2 N–H and O–H groups in total. The van der Waals surface area contributed by atoms with Gasteiger partial charge in [-0.15, -0.1) is 11.8 Å². The number of hydrogen-bond donors (Lipinski definition) is 2. The number of rotatable bonds is 5. The van der Waals surface area contributed by atoms with Crippen LogP contribution in [-0.2, 0) is 14.3 Å². The molecule has 0 aromatic heterocycles. The van der Waals surface area contributed by atoms with Gasteiger partial charge >= 0.3 is 5.97 Å². The number of carboxylic acid groups (broad SMARTS) is 1. The van der Waals surface area contributed by atoms with Crippen LogP contribution in [0.5, 0.6) is 0 Å². The van der Waals surface area contributed by atoms with Crippen LogP contribution in [0.2, 0.25) is 0 Å². The average Bonchev–Trinajstić information content (AvgIpc) is 2.91. The Morgan fingerprint density at radius 1 is 1.35 bits per heavy atom. The molecule has 0 aliphatic carbocycles. The normalized spacial score (nSPS) is 21.6. The molecule has 1 aromatic rings. The van der Waals surface area contributed by atoms with Gasteiger partial charge in [0.1, 0.15) is 6.10 Å². The number of nitrogens with one attached hydrogen (secondary N) is 1. The molecule has 1 aliphatic heterocycles. The number of anilines is 1. The second-order valence-electron chi connectivity index (χ2n) is 4.45. The van der Waals surface area contributed by atoms with Crippen LogP contribution in [0.3, 0.4) is 0 Å². The van der Waals surface area contributed by atoms with Gasteiger partial charge in [0.05, 0.1) is 5.69 Å². The van der Waals surface area contributed by atoms with E-state index in [1.807, 2.05) is 31.2 Å². The van der Waals surface area contributed by atoms with E-state index in [-0.39, 0.29) is 5.91 Å². The Morgan fingerprint density at radius 3 is 2.70 bits per heavy atom. The van der Waals surface area contributed by atoms with Gasteiger partial charge in [-0.25, -0.2) is 4.79 Å². The van der Waals surface area contributed by atoms with Crippen molar-refractivity contribution in [2.75, 3.05) is 11.1 Å². The van der Waals surface area contributed by atoms with Gasteiger partial charge < -0.3 is 15.2 Å². The Kier molecular flexibility index (Phi) is 5.03. The number of carbonyl (C=O) groups excluding carboxylic acids is 1. The second kappa shape index (κ2) is 6.76. The molecule has 1 aliphatic rings. The van der Waals surface area contributed by atoms with Crippen LogP contribution in [-0.4, -0.2) is 34.9 Å². The molecule has 2 atom stereocenters. The maximum atomic E-state index is 12.1. The molecular formula is C14H17NO4S. The fourth-order valence-corrected chi connectivity index (χ4v) is 2.84. The summed E-state index contributed by atoms with van der Waals surface area (Å²) in [5.74, 6) is -0.381. The zero-order chi connectivity index (χ0) is 14.5. The van der Waals surface area contributed by atoms with Crippen LogP contribution in [0, 0.1) is 0 Å². The molecule has 1 saturated heterocycles. The fraction of sp³-hybridized carbons (Fsp3) is 0.429. The third kappa shape index (κ3) is 3.52. The van der Waals surface area contributed by atoms with Gasteiger partial charge in [-0.3, -0.25) is 4.79 Å². The summed E-state index contributed by atoms with van der Waals surface area (Å²) < 4.78 is 5.24. The highest BCUT2D eigenvalue weighted by Crippen LogP contribution is 2.28. The van der Waals surface area contributed by atoms with Crippen molar-refractivity contribution in [2.24, 2.45) is 0 Å². The molecule has 1 heterocycles. The third-order valence-electron chi connectivity index (χ3n) is 3.03. The van der Waals surface area contributed by atoms with E-state index >= 15 is 0 Å². The zero-order valence-electron chi connectivity index (χ0n) is 11.2. The Hall–Kier alpha value is -1.53. The summed E-state index contributed by atoms with van der Waals surface area (Å²) in [4.78, 5) is 23.9. The summed E-state index contributed by atoms with van der Waals surface area (Å²) in [6.45, 7) is 2.04. The number of amides is 1. The Labute approximate surface area is 121 Å². The topological polar surface area (TPSA) is 75.6 Å². The van der Waals surface area contributed by atoms with E-state index in [0.29, 0.717) is 12.8 Å². The smallest absolute Gasteiger partial charge is 0.332 e. The van der Waals surface area contributed by atoms with Crippen molar-refractivity contribution in [2.45, 2.75) is 36.9 Å². The van der Waals surface area contributed by atoms with E-state index in [2.05, 4.69) is 5.32 Å². The minimum absolute atomic E-state index is 0.280. The lowest BCUT2D eigenvalue weighted by atomic mass is 10.2. The third-order valence-corrected chi connectivity index (χ3v) is 3.99. The van der Waals surface area contributed by atoms with Crippen molar-refractivity contribution in [3.63, 3.8) is 0 Å². The van der Waals surface area contributed by atoms with E-state index in [1.165, 1.54) is 0 Å². The Balaban J connectivity index is 2.00. The van der Waals surface area contributed by atoms with Crippen molar-refractivity contribution in [3.05, 3.63) is 24.3 Å². The van der Waals surface area contributed by atoms with E-state index in [9.17, 15) is 9.59 Å². The molecule has 0 bridgehead atoms. The molecule has 0 unspecified atom stereocenters. The van der Waals surface area contributed by atoms with Crippen LogP contribution in [0.25, 0.3) is 0 Å². The summed E-state index contributed by atoms with van der Waals surface area (Å²) in [6, 6.07) is 7.55. The number of carbonyl (C=O) groups is 2. The number of ether oxygens (including phenoxy) is 1. The van der Waals surface area contributed by atoms with Crippen LogP contribution < -0.4 is 5.32 Å². The second-order valence-corrected chi connectivity index (χ2v) is 5.75. The number of benzene rings is 1. The summed E-state index contributed by atoms with van der Waals surface area (Å²) >= 11 is 1.64. The molecule has 1 fully saturated rings. The molecule has 108 valence electrons. The lowest BCUT2D eigenvalue weighted by Crippen LogP contribution is -2.30. The molecule has 0 saturated carbocycles. The van der Waals surface area contributed by atoms with E-state index in [0.717, 1.165) is 16.3 Å². The van der Waals surface area contributed by atoms with Crippen molar-refractivity contribution in [1.29, 1.82) is 0 Å². The van der Waals surface area contributed by atoms with Crippen molar-refractivity contribution in [1.82, 2.24) is 0 Å². The van der Waals surface area contributed by atoms with Gasteiger partial charge in [0.15, 0.2) is 6.10 Å². The molecule has 0 spiro atoms. The van der Waals surface area contributed by atoms with Crippen molar-refractivity contribution in [3.8, 4) is 0 Å². The standard InChI is InChI=1S/C14H17NO4S/c1-2-20-12-6-4-3-5-9(12)15-13(16)10-7-8-11(19-10)14(17)18/h3-6,10-11H,2,7-8H2,1H3,(H,15,16)(H,17,18)/t10-,11+/m0/s1. The SMILES string of the molecule is CCSc1ccccc1NC(=O)[C@@H]1CC[C@H](C(=O)O)O1. The minimum atomic E-state index is -1.01. The van der Waals surface area contributed by atoms with Crippen LogP contribution in [0.1, 0.15) is 19.8 Å². The summed E-state index contributed by atoms with van der Waals surface area (Å²) in [5, 5.41) is 11.7. The zero-order valence-corrected chi connectivity index (χ0v) is 12.0. The van der Waals surface area contributed by atoms with Gasteiger partial charge in [-0.05, 0) is 30.7 Å². The minimum Gasteiger partial charge on any atom is -0.479 e. The number of hydrogen-bond acceptors (Lipinski definition) is 4. The highest BCUT2D eigenvalue weighted by atomic mass is 32.2. The first-order chi connectivity index (χ1) is 9.61. The predicted molar refractivity (Wildman–Crippen MR) is 77.0 cm³/mol. The molecule has 5 nitrogen and oxygen atoms in total. The quantitative estimate of drug-likeness (QED) is 0.816. The van der Waals surface area contributed by atoms with Gasteiger partial charge in [-0.2, -0.15) is 0 Å². The average molecular weight is 295 g/mol. The Bertz CT molecular complexity index is 506. The van der Waals surface area contributed by atoms with Gasteiger partial charge in [0, 0.05) is 4.90 Å². The number of aliphatic carboxylic acids is 1. The molecule has 2 rings (SSSR count). The molecular weight excluding hydrogens is 278 g/mol. The number of carboxylic acids is 1.